The number of halogens is 1. The molecule has 0 aliphatic rings. The Hall–Kier alpha value is -3.32. The Morgan fingerprint density at radius 3 is 2.45 bits per heavy atom. The van der Waals surface area contributed by atoms with E-state index in [1.54, 1.807) is 17.0 Å². The standard InChI is InChI=1S/C26H22ClN3O2S/c27-22-12-6-4-11-20(22)24-16-21(19-10-5-7-13-23(19)28-24)25(32)29-26(33)30(14-15-31)17-18-8-2-1-3-9-18/h1-13,16,31H,14-15,17H2,(H,29,32,33). The van der Waals surface area contributed by atoms with Crippen molar-refractivity contribution in [3.05, 3.63) is 101 Å². The zero-order valence-corrected chi connectivity index (χ0v) is 19.3. The fourth-order valence-corrected chi connectivity index (χ4v) is 4.07. The van der Waals surface area contributed by atoms with Gasteiger partial charge in [0.05, 0.1) is 23.4 Å². The topological polar surface area (TPSA) is 65.5 Å². The number of carbonyl (C=O) groups excluding carboxylic acids is 1. The number of carbonyl (C=O) groups is 1. The summed E-state index contributed by atoms with van der Waals surface area (Å²) in [4.78, 5) is 19.8. The van der Waals surface area contributed by atoms with E-state index in [0.717, 1.165) is 11.1 Å². The van der Waals surface area contributed by atoms with Crippen LogP contribution in [0.1, 0.15) is 15.9 Å². The summed E-state index contributed by atoms with van der Waals surface area (Å²) in [5, 5.41) is 13.9. The van der Waals surface area contributed by atoms with E-state index in [9.17, 15) is 9.90 Å². The fraction of sp³-hybridized carbons (Fsp3) is 0.115. The highest BCUT2D eigenvalue weighted by atomic mass is 35.5. The molecule has 166 valence electrons. The minimum absolute atomic E-state index is 0.0856. The van der Waals surface area contributed by atoms with Crippen LogP contribution < -0.4 is 5.32 Å². The largest absolute Gasteiger partial charge is 0.395 e. The van der Waals surface area contributed by atoms with Crippen LogP contribution in [0, 0.1) is 0 Å². The molecule has 0 bridgehead atoms. The molecule has 0 saturated heterocycles. The lowest BCUT2D eigenvalue weighted by Gasteiger charge is -2.25. The van der Waals surface area contributed by atoms with Gasteiger partial charge in [-0.25, -0.2) is 4.98 Å². The SMILES string of the molecule is O=C(NC(=S)N(CCO)Cc1ccccc1)c1cc(-c2ccccc2Cl)nc2ccccc12. The number of benzene rings is 3. The Balaban J connectivity index is 1.65. The first-order chi connectivity index (χ1) is 16.1. The fourth-order valence-electron chi connectivity index (χ4n) is 3.59. The van der Waals surface area contributed by atoms with Crippen molar-refractivity contribution in [2.75, 3.05) is 13.2 Å². The molecule has 0 radical (unpaired) electrons. The third-order valence-corrected chi connectivity index (χ3v) is 5.89. The van der Waals surface area contributed by atoms with Gasteiger partial charge in [0.15, 0.2) is 5.11 Å². The Morgan fingerprint density at radius 1 is 1.00 bits per heavy atom. The molecule has 1 heterocycles. The van der Waals surface area contributed by atoms with Crippen LogP contribution in [0.2, 0.25) is 5.02 Å². The van der Waals surface area contributed by atoms with Gasteiger partial charge in [0, 0.05) is 29.1 Å². The summed E-state index contributed by atoms with van der Waals surface area (Å²) in [6.45, 7) is 0.691. The molecular formula is C26H22ClN3O2S. The van der Waals surface area contributed by atoms with E-state index >= 15 is 0 Å². The van der Waals surface area contributed by atoms with Gasteiger partial charge in [-0.05, 0) is 36.0 Å². The number of aromatic nitrogens is 1. The van der Waals surface area contributed by atoms with Crippen molar-refractivity contribution in [1.29, 1.82) is 0 Å². The van der Waals surface area contributed by atoms with E-state index in [-0.39, 0.29) is 17.6 Å². The number of nitrogens with zero attached hydrogens (tertiary/aromatic N) is 2. The summed E-state index contributed by atoms with van der Waals surface area (Å²) in [6.07, 6.45) is 0. The minimum Gasteiger partial charge on any atom is -0.395 e. The quantitative estimate of drug-likeness (QED) is 0.381. The lowest BCUT2D eigenvalue weighted by molar-refractivity contribution is 0.0973. The average Bonchev–Trinajstić information content (AvgIpc) is 2.84. The number of aliphatic hydroxyl groups excluding tert-OH is 1. The second-order valence-corrected chi connectivity index (χ2v) is 8.24. The second kappa shape index (κ2) is 10.5. The Kier molecular flexibility index (Phi) is 7.29. The summed E-state index contributed by atoms with van der Waals surface area (Å²) in [5.41, 5.74) is 3.50. The van der Waals surface area contributed by atoms with Gasteiger partial charge in [0.2, 0.25) is 0 Å². The van der Waals surface area contributed by atoms with Gasteiger partial charge >= 0.3 is 0 Å². The summed E-state index contributed by atoms with van der Waals surface area (Å²) >= 11 is 11.9. The molecule has 0 atom stereocenters. The first kappa shape index (κ1) is 22.9. The Labute approximate surface area is 202 Å². The molecule has 1 aromatic heterocycles. The highest BCUT2D eigenvalue weighted by molar-refractivity contribution is 7.80. The third kappa shape index (κ3) is 5.37. The predicted molar refractivity (Wildman–Crippen MR) is 136 cm³/mol. The van der Waals surface area contributed by atoms with Crippen molar-refractivity contribution < 1.29 is 9.90 Å². The van der Waals surface area contributed by atoms with Gasteiger partial charge in [0.1, 0.15) is 0 Å². The van der Waals surface area contributed by atoms with Crippen LogP contribution in [0.5, 0.6) is 0 Å². The molecule has 0 aliphatic carbocycles. The highest BCUT2D eigenvalue weighted by Crippen LogP contribution is 2.29. The first-order valence-electron chi connectivity index (χ1n) is 10.5. The van der Waals surface area contributed by atoms with Crippen molar-refractivity contribution in [1.82, 2.24) is 15.2 Å². The zero-order valence-electron chi connectivity index (χ0n) is 17.7. The van der Waals surface area contributed by atoms with Gasteiger partial charge in [0.25, 0.3) is 5.91 Å². The van der Waals surface area contributed by atoms with Crippen LogP contribution in [0.4, 0.5) is 0 Å². The van der Waals surface area contributed by atoms with E-state index in [4.69, 9.17) is 28.8 Å². The smallest absolute Gasteiger partial charge is 0.258 e. The van der Waals surface area contributed by atoms with Gasteiger partial charge in [-0.2, -0.15) is 0 Å². The summed E-state index contributed by atoms with van der Waals surface area (Å²) < 4.78 is 0. The number of hydrogen-bond donors (Lipinski definition) is 2. The average molecular weight is 476 g/mol. The number of nitrogens with one attached hydrogen (secondary N) is 1. The maximum absolute atomic E-state index is 13.4. The number of pyridine rings is 1. The second-order valence-electron chi connectivity index (χ2n) is 7.44. The number of para-hydroxylation sites is 1. The van der Waals surface area contributed by atoms with Gasteiger partial charge in [-0.3, -0.25) is 10.1 Å². The van der Waals surface area contributed by atoms with Crippen LogP contribution in [-0.4, -0.2) is 39.2 Å². The monoisotopic (exact) mass is 475 g/mol. The molecule has 0 saturated carbocycles. The van der Waals surface area contributed by atoms with E-state index in [1.165, 1.54) is 0 Å². The maximum Gasteiger partial charge on any atom is 0.258 e. The Bertz CT molecular complexity index is 1300. The third-order valence-electron chi connectivity index (χ3n) is 5.20. The van der Waals surface area contributed by atoms with Crippen LogP contribution >= 0.6 is 23.8 Å². The molecule has 4 rings (SSSR count). The van der Waals surface area contributed by atoms with Gasteiger partial charge in [-0.1, -0.05) is 78.3 Å². The number of thiocarbonyl (C=S) groups is 1. The minimum atomic E-state index is -0.345. The van der Waals surface area contributed by atoms with Crippen molar-refractivity contribution in [3.63, 3.8) is 0 Å². The molecule has 1 amide bonds. The molecule has 0 fully saturated rings. The molecule has 33 heavy (non-hydrogen) atoms. The lowest BCUT2D eigenvalue weighted by atomic mass is 10.0. The molecule has 0 aliphatic heterocycles. The van der Waals surface area contributed by atoms with Crippen LogP contribution in [0.15, 0.2) is 84.9 Å². The summed E-state index contributed by atoms with van der Waals surface area (Å²) in [5.74, 6) is -0.345. The Morgan fingerprint density at radius 2 is 1.70 bits per heavy atom. The van der Waals surface area contributed by atoms with Crippen molar-refractivity contribution in [2.45, 2.75) is 6.54 Å². The van der Waals surface area contributed by atoms with Crippen molar-refractivity contribution in [3.8, 4) is 11.3 Å². The molecule has 4 aromatic rings. The van der Waals surface area contributed by atoms with Gasteiger partial charge < -0.3 is 10.0 Å². The number of aliphatic hydroxyl groups is 1. The van der Waals surface area contributed by atoms with Crippen LogP contribution in [-0.2, 0) is 6.54 Å². The predicted octanol–water partition coefficient (Wildman–Crippen LogP) is 5.06. The zero-order chi connectivity index (χ0) is 23.2. The number of hydrogen-bond acceptors (Lipinski definition) is 4. The molecular weight excluding hydrogens is 454 g/mol. The molecule has 0 spiro atoms. The molecule has 5 nitrogen and oxygen atoms in total. The van der Waals surface area contributed by atoms with Gasteiger partial charge in [-0.15, -0.1) is 0 Å². The van der Waals surface area contributed by atoms with Crippen LogP contribution in [0.25, 0.3) is 22.2 Å². The molecule has 3 aromatic carbocycles. The highest BCUT2D eigenvalue weighted by Gasteiger charge is 2.18. The lowest BCUT2D eigenvalue weighted by Crippen LogP contribution is -2.43. The summed E-state index contributed by atoms with van der Waals surface area (Å²) in [6, 6.07) is 26.3. The van der Waals surface area contributed by atoms with E-state index in [1.807, 2.05) is 72.8 Å². The van der Waals surface area contributed by atoms with E-state index in [2.05, 4.69) is 5.32 Å². The normalized spacial score (nSPS) is 10.7. The number of rotatable bonds is 6. The number of fused-ring (bicyclic) bond motifs is 1. The number of amides is 1. The van der Waals surface area contributed by atoms with Crippen molar-refractivity contribution in [2.24, 2.45) is 0 Å². The first-order valence-corrected chi connectivity index (χ1v) is 11.2. The van der Waals surface area contributed by atoms with Crippen LogP contribution in [0.3, 0.4) is 0 Å². The van der Waals surface area contributed by atoms with Crippen molar-refractivity contribution >= 4 is 45.7 Å². The van der Waals surface area contributed by atoms with E-state index < -0.39 is 0 Å². The molecule has 7 heteroatoms. The maximum atomic E-state index is 13.4. The summed E-state index contributed by atoms with van der Waals surface area (Å²) in [7, 11) is 0. The molecule has 0 unspecified atom stereocenters. The van der Waals surface area contributed by atoms with E-state index in [0.29, 0.717) is 40.3 Å². The molecule has 2 N–H and O–H groups in total.